The van der Waals surface area contributed by atoms with Gasteiger partial charge in [0.05, 0.1) is 18.0 Å². The first-order chi connectivity index (χ1) is 13.4. The lowest BCUT2D eigenvalue weighted by Gasteiger charge is -2.59. The van der Waals surface area contributed by atoms with E-state index in [2.05, 4.69) is 28.8 Å². The van der Waals surface area contributed by atoms with Gasteiger partial charge in [0.25, 0.3) is 0 Å². The Morgan fingerprint density at radius 2 is 1.86 bits per heavy atom. The fourth-order valence-electron chi connectivity index (χ4n) is 6.91. The molecule has 4 saturated carbocycles. The highest BCUT2D eigenvalue weighted by Crippen LogP contribution is 2.63. The number of fused-ring (bicyclic) bond motifs is 1. The highest BCUT2D eigenvalue weighted by Gasteiger charge is 2.60. The Hall–Kier alpha value is -1.55. The second-order valence-electron chi connectivity index (χ2n) is 9.79. The summed E-state index contributed by atoms with van der Waals surface area (Å²) >= 11 is 6.84. The SMILES string of the molecule is O=C(CNC(=O)C12C[C@@H]3C[C@@H](CC(Cl)(C3)C1)C2)N[C@@H]1CCCc2ccccc21. The first-order valence-electron chi connectivity index (χ1n) is 10.8. The number of rotatable bonds is 4. The van der Waals surface area contributed by atoms with Crippen LogP contribution in [0.1, 0.15) is 68.5 Å². The molecular weight excluding hydrogens is 372 g/mol. The van der Waals surface area contributed by atoms with Crippen molar-refractivity contribution in [3.63, 3.8) is 0 Å². The van der Waals surface area contributed by atoms with Crippen LogP contribution >= 0.6 is 11.6 Å². The van der Waals surface area contributed by atoms with Gasteiger partial charge in [-0.05, 0) is 80.8 Å². The van der Waals surface area contributed by atoms with E-state index in [1.54, 1.807) is 0 Å². The molecule has 0 aromatic heterocycles. The largest absolute Gasteiger partial charge is 0.348 e. The Bertz CT molecular complexity index is 794. The number of carbonyl (C=O) groups is 2. The third kappa shape index (κ3) is 3.24. The maximum atomic E-state index is 13.1. The summed E-state index contributed by atoms with van der Waals surface area (Å²) in [5.74, 6) is 1.11. The molecule has 0 radical (unpaired) electrons. The zero-order valence-electron chi connectivity index (χ0n) is 16.3. The van der Waals surface area contributed by atoms with Crippen molar-refractivity contribution in [2.45, 2.75) is 68.7 Å². The molecular formula is C23H29ClN2O2. The quantitative estimate of drug-likeness (QED) is 0.753. The summed E-state index contributed by atoms with van der Waals surface area (Å²) in [5, 5.41) is 6.09. The van der Waals surface area contributed by atoms with E-state index in [0.29, 0.717) is 11.8 Å². The van der Waals surface area contributed by atoms with Crippen molar-refractivity contribution in [3.8, 4) is 0 Å². The standard InChI is InChI=1S/C23H29ClN2O2/c24-23-11-15-8-16(12-23)10-22(9-15,14-23)21(28)25-13-20(27)26-19-7-3-5-17-4-1-2-6-18(17)19/h1-2,4,6,15-16,19H,3,5,7-14H2,(H,25,28)(H,26,27)/t15-,16+,19-,22?,23?/m1/s1. The molecule has 4 nitrogen and oxygen atoms in total. The molecule has 5 aliphatic rings. The molecule has 1 aromatic carbocycles. The Morgan fingerprint density at radius 3 is 2.61 bits per heavy atom. The summed E-state index contributed by atoms with van der Waals surface area (Å²) in [6, 6.07) is 8.39. The molecule has 0 aliphatic heterocycles. The molecule has 6 rings (SSSR count). The van der Waals surface area contributed by atoms with Gasteiger partial charge in [-0.15, -0.1) is 11.6 Å². The zero-order chi connectivity index (χ0) is 19.4. The summed E-state index contributed by atoms with van der Waals surface area (Å²) < 4.78 is 0. The van der Waals surface area contributed by atoms with Crippen molar-refractivity contribution in [1.29, 1.82) is 0 Å². The van der Waals surface area contributed by atoms with Gasteiger partial charge < -0.3 is 10.6 Å². The summed E-state index contributed by atoms with van der Waals surface area (Å²) in [6.45, 7) is 0.0594. The minimum absolute atomic E-state index is 0.0471. The maximum Gasteiger partial charge on any atom is 0.239 e. The molecule has 0 heterocycles. The number of halogens is 1. The second-order valence-corrected chi connectivity index (χ2v) is 10.6. The van der Waals surface area contributed by atoms with Crippen molar-refractivity contribution in [1.82, 2.24) is 10.6 Å². The predicted molar refractivity (Wildman–Crippen MR) is 109 cm³/mol. The van der Waals surface area contributed by atoms with E-state index < -0.39 is 0 Å². The third-order valence-corrected chi connectivity index (χ3v) is 8.03. The Labute approximate surface area is 171 Å². The minimum Gasteiger partial charge on any atom is -0.348 e. The monoisotopic (exact) mass is 400 g/mol. The first kappa shape index (κ1) is 18.5. The van der Waals surface area contributed by atoms with Crippen LogP contribution < -0.4 is 10.6 Å². The van der Waals surface area contributed by atoms with Crippen LogP contribution in [0.15, 0.2) is 24.3 Å². The van der Waals surface area contributed by atoms with Gasteiger partial charge in [-0.25, -0.2) is 0 Å². The molecule has 2 N–H and O–H groups in total. The van der Waals surface area contributed by atoms with Gasteiger partial charge in [0, 0.05) is 4.87 Å². The number of aryl methyl sites for hydroxylation is 1. The van der Waals surface area contributed by atoms with Crippen LogP contribution in [-0.2, 0) is 16.0 Å². The first-order valence-corrected chi connectivity index (χ1v) is 11.2. The molecule has 0 spiro atoms. The number of alkyl halides is 1. The fourth-order valence-corrected chi connectivity index (χ4v) is 7.61. The summed E-state index contributed by atoms with van der Waals surface area (Å²) in [7, 11) is 0. The van der Waals surface area contributed by atoms with E-state index in [-0.39, 0.29) is 34.7 Å². The summed E-state index contributed by atoms with van der Waals surface area (Å²) in [4.78, 5) is 25.5. The molecule has 5 aliphatic carbocycles. The van der Waals surface area contributed by atoms with Gasteiger partial charge in [-0.2, -0.15) is 0 Å². The highest BCUT2D eigenvalue weighted by molar-refractivity contribution is 6.24. The maximum absolute atomic E-state index is 13.1. The number of benzene rings is 1. The fraction of sp³-hybridized carbons (Fsp3) is 0.652. The van der Waals surface area contributed by atoms with E-state index in [4.69, 9.17) is 11.6 Å². The highest BCUT2D eigenvalue weighted by atomic mass is 35.5. The molecule has 2 unspecified atom stereocenters. The van der Waals surface area contributed by atoms with Crippen molar-refractivity contribution < 1.29 is 9.59 Å². The summed E-state index contributed by atoms with van der Waals surface area (Å²) in [5.41, 5.74) is 2.20. The molecule has 5 heteroatoms. The number of carbonyl (C=O) groups excluding carboxylic acids is 2. The predicted octanol–water partition coefficient (Wildman–Crippen LogP) is 3.87. The van der Waals surface area contributed by atoms with Crippen molar-refractivity contribution in [3.05, 3.63) is 35.4 Å². The van der Waals surface area contributed by atoms with E-state index in [1.165, 1.54) is 17.5 Å². The Kier molecular flexibility index (Phi) is 4.46. The van der Waals surface area contributed by atoms with Crippen LogP contribution in [0.4, 0.5) is 0 Å². The smallest absolute Gasteiger partial charge is 0.239 e. The lowest BCUT2D eigenvalue weighted by atomic mass is 9.49. The van der Waals surface area contributed by atoms with Gasteiger partial charge in [0.1, 0.15) is 0 Å². The molecule has 4 fully saturated rings. The Balaban J connectivity index is 1.20. The van der Waals surface area contributed by atoms with E-state index in [9.17, 15) is 9.59 Å². The Morgan fingerprint density at radius 1 is 1.11 bits per heavy atom. The minimum atomic E-state index is -0.344. The molecule has 28 heavy (non-hydrogen) atoms. The molecule has 2 amide bonds. The molecule has 4 bridgehead atoms. The van der Waals surface area contributed by atoms with Crippen molar-refractivity contribution >= 4 is 23.4 Å². The lowest BCUT2D eigenvalue weighted by molar-refractivity contribution is -0.145. The van der Waals surface area contributed by atoms with Crippen LogP contribution in [0.3, 0.4) is 0 Å². The molecule has 150 valence electrons. The van der Waals surface area contributed by atoms with Crippen LogP contribution in [0.2, 0.25) is 0 Å². The van der Waals surface area contributed by atoms with Gasteiger partial charge in [-0.3, -0.25) is 9.59 Å². The average Bonchev–Trinajstić information content (AvgIpc) is 2.64. The van der Waals surface area contributed by atoms with Gasteiger partial charge in [0.2, 0.25) is 11.8 Å². The van der Waals surface area contributed by atoms with E-state index in [0.717, 1.165) is 51.4 Å². The van der Waals surface area contributed by atoms with Crippen LogP contribution in [0.5, 0.6) is 0 Å². The lowest BCUT2D eigenvalue weighted by Crippen LogP contribution is -2.59. The van der Waals surface area contributed by atoms with E-state index in [1.807, 2.05) is 6.07 Å². The van der Waals surface area contributed by atoms with Crippen LogP contribution in [-0.4, -0.2) is 23.2 Å². The number of hydrogen-bond acceptors (Lipinski definition) is 2. The van der Waals surface area contributed by atoms with E-state index >= 15 is 0 Å². The average molecular weight is 401 g/mol. The topological polar surface area (TPSA) is 58.2 Å². The van der Waals surface area contributed by atoms with Crippen LogP contribution in [0.25, 0.3) is 0 Å². The normalized spacial score (nSPS) is 38.0. The molecule has 5 atom stereocenters. The van der Waals surface area contributed by atoms with Crippen LogP contribution in [0, 0.1) is 17.3 Å². The van der Waals surface area contributed by atoms with Crippen molar-refractivity contribution in [2.24, 2.45) is 17.3 Å². The summed E-state index contributed by atoms with van der Waals surface area (Å²) in [6.07, 6.45) is 9.12. The second kappa shape index (κ2) is 6.76. The van der Waals surface area contributed by atoms with Crippen molar-refractivity contribution in [2.75, 3.05) is 6.54 Å². The van der Waals surface area contributed by atoms with Gasteiger partial charge in [-0.1, -0.05) is 24.3 Å². The number of amides is 2. The number of hydrogen-bond donors (Lipinski definition) is 2. The number of nitrogens with one attached hydrogen (secondary N) is 2. The third-order valence-electron chi connectivity index (χ3n) is 7.59. The van der Waals surface area contributed by atoms with Gasteiger partial charge >= 0.3 is 0 Å². The molecule has 0 saturated heterocycles. The molecule has 1 aromatic rings. The van der Waals surface area contributed by atoms with Gasteiger partial charge in [0.15, 0.2) is 0 Å². The zero-order valence-corrected chi connectivity index (χ0v) is 17.1.